The quantitative estimate of drug-likeness (QED) is 0.415. The monoisotopic (exact) mass is 525 g/mol. The van der Waals surface area contributed by atoms with Crippen molar-refractivity contribution in [1.29, 1.82) is 0 Å². The molecule has 0 unspecified atom stereocenters. The van der Waals surface area contributed by atoms with E-state index in [9.17, 15) is 9.59 Å². The standard InChI is InChI=1S/C31H35N5O3/c1-20-31(14-17-39-18-15-31)23-10-9-22(19-24(23)33-20)34-29(38)27(35-28(37)25-11-16-32-36(25)3)26(30(2)12-13-30)21-7-5-4-6-8-21/h4-11,16,19,26-27,33H,1,12-15,17-18H2,2-3H3,(H,34,38)(H,35,37)/t26-,27-/m0/s1. The summed E-state index contributed by atoms with van der Waals surface area (Å²) in [5, 5.41) is 13.8. The van der Waals surface area contributed by atoms with E-state index >= 15 is 0 Å². The van der Waals surface area contributed by atoms with Gasteiger partial charge in [0.2, 0.25) is 5.91 Å². The third-order valence-corrected chi connectivity index (χ3v) is 8.92. The number of ether oxygens (including phenoxy) is 1. The van der Waals surface area contributed by atoms with Gasteiger partial charge < -0.3 is 20.7 Å². The Morgan fingerprint density at radius 3 is 2.49 bits per heavy atom. The minimum atomic E-state index is -0.777. The van der Waals surface area contributed by atoms with Crippen molar-refractivity contribution >= 4 is 23.2 Å². The normalized spacial score (nSPS) is 20.0. The summed E-state index contributed by atoms with van der Waals surface area (Å²) in [6.45, 7) is 7.91. The highest BCUT2D eigenvalue weighted by Gasteiger charge is 2.51. The van der Waals surface area contributed by atoms with Crippen molar-refractivity contribution in [2.45, 2.75) is 50.0 Å². The average molecular weight is 526 g/mol. The molecule has 2 fully saturated rings. The van der Waals surface area contributed by atoms with Crippen molar-refractivity contribution in [1.82, 2.24) is 15.1 Å². The van der Waals surface area contributed by atoms with Gasteiger partial charge >= 0.3 is 0 Å². The molecular weight excluding hydrogens is 490 g/mol. The zero-order valence-corrected chi connectivity index (χ0v) is 22.5. The molecule has 1 saturated carbocycles. The number of nitrogens with zero attached hydrogens (tertiary/aromatic N) is 2. The summed E-state index contributed by atoms with van der Waals surface area (Å²) in [7, 11) is 1.72. The van der Waals surface area contributed by atoms with Gasteiger partial charge in [0.25, 0.3) is 5.91 Å². The smallest absolute Gasteiger partial charge is 0.270 e. The van der Waals surface area contributed by atoms with Crippen LogP contribution in [-0.4, -0.2) is 40.9 Å². The molecule has 1 spiro atoms. The maximum absolute atomic E-state index is 14.0. The first-order valence-corrected chi connectivity index (χ1v) is 13.6. The van der Waals surface area contributed by atoms with Crippen LogP contribution in [0.1, 0.15) is 60.1 Å². The second kappa shape index (κ2) is 9.68. The second-order valence-corrected chi connectivity index (χ2v) is 11.4. The van der Waals surface area contributed by atoms with Crippen molar-refractivity contribution in [3.8, 4) is 0 Å². The maximum atomic E-state index is 14.0. The highest BCUT2D eigenvalue weighted by Crippen LogP contribution is 2.57. The number of carbonyl (C=O) groups is 2. The first-order valence-electron chi connectivity index (χ1n) is 13.6. The number of aryl methyl sites for hydroxylation is 1. The molecule has 0 bridgehead atoms. The van der Waals surface area contributed by atoms with E-state index in [0.29, 0.717) is 24.6 Å². The molecule has 39 heavy (non-hydrogen) atoms. The Labute approximate surface area is 228 Å². The number of aromatic nitrogens is 2. The minimum Gasteiger partial charge on any atom is -0.381 e. The van der Waals surface area contributed by atoms with Gasteiger partial charge in [-0.15, -0.1) is 0 Å². The zero-order chi connectivity index (χ0) is 27.2. The van der Waals surface area contributed by atoms with E-state index in [1.54, 1.807) is 19.3 Å². The molecule has 8 heteroatoms. The molecule has 1 aromatic heterocycles. The van der Waals surface area contributed by atoms with Crippen LogP contribution in [0.25, 0.3) is 0 Å². The molecular formula is C31H35N5O3. The molecule has 2 amide bonds. The number of allylic oxidation sites excluding steroid dienone is 1. The van der Waals surface area contributed by atoms with E-state index in [2.05, 4.69) is 40.6 Å². The molecule has 6 rings (SSSR count). The van der Waals surface area contributed by atoms with Gasteiger partial charge in [-0.3, -0.25) is 14.3 Å². The van der Waals surface area contributed by atoms with Gasteiger partial charge in [-0.2, -0.15) is 5.10 Å². The summed E-state index contributed by atoms with van der Waals surface area (Å²) in [4.78, 5) is 27.4. The van der Waals surface area contributed by atoms with E-state index in [0.717, 1.165) is 42.6 Å². The predicted molar refractivity (Wildman–Crippen MR) is 151 cm³/mol. The topological polar surface area (TPSA) is 97.3 Å². The Kier molecular flexibility index (Phi) is 6.30. The van der Waals surface area contributed by atoms with Crippen LogP contribution >= 0.6 is 0 Å². The second-order valence-electron chi connectivity index (χ2n) is 11.4. The Morgan fingerprint density at radius 1 is 1.08 bits per heavy atom. The Morgan fingerprint density at radius 2 is 1.82 bits per heavy atom. The molecule has 3 heterocycles. The molecule has 202 valence electrons. The van der Waals surface area contributed by atoms with E-state index < -0.39 is 6.04 Å². The Hall–Kier alpha value is -3.91. The molecule has 2 aliphatic heterocycles. The molecule has 1 aliphatic carbocycles. The van der Waals surface area contributed by atoms with Crippen LogP contribution in [0.15, 0.2) is 73.1 Å². The van der Waals surface area contributed by atoms with Gasteiger partial charge in [0.15, 0.2) is 0 Å². The minimum absolute atomic E-state index is 0.0875. The molecule has 0 radical (unpaired) electrons. The van der Waals surface area contributed by atoms with Gasteiger partial charge in [0.1, 0.15) is 11.7 Å². The predicted octanol–water partition coefficient (Wildman–Crippen LogP) is 4.73. The lowest BCUT2D eigenvalue weighted by Gasteiger charge is -2.34. The fourth-order valence-corrected chi connectivity index (χ4v) is 6.38. The number of amides is 2. The largest absolute Gasteiger partial charge is 0.381 e. The average Bonchev–Trinajstić information content (AvgIpc) is 3.43. The molecule has 3 aliphatic rings. The fraction of sp³-hybridized carbons (Fsp3) is 0.387. The number of carbonyl (C=O) groups excluding carboxylic acids is 2. The Balaban J connectivity index is 1.31. The number of hydrogen-bond donors (Lipinski definition) is 3. The lowest BCUT2D eigenvalue weighted by molar-refractivity contribution is -0.119. The third-order valence-electron chi connectivity index (χ3n) is 8.92. The first kappa shape index (κ1) is 25.4. The lowest BCUT2D eigenvalue weighted by atomic mass is 9.74. The SMILES string of the molecule is C=C1Nc2cc(NC(=O)[C@@H](NC(=O)c3ccnn3C)[C@H](c3ccccc3)C3(C)CC3)ccc2C12CCOCC2. The van der Waals surface area contributed by atoms with E-state index in [-0.39, 0.29) is 28.6 Å². The Bertz CT molecular complexity index is 1420. The van der Waals surface area contributed by atoms with Crippen LogP contribution in [0.4, 0.5) is 11.4 Å². The number of anilines is 2. The van der Waals surface area contributed by atoms with Gasteiger partial charge in [0.05, 0.1) is 0 Å². The van der Waals surface area contributed by atoms with Crippen LogP contribution in [0.2, 0.25) is 0 Å². The summed E-state index contributed by atoms with van der Waals surface area (Å²) in [6.07, 6.45) is 5.34. The van der Waals surface area contributed by atoms with Crippen LogP contribution in [0.3, 0.4) is 0 Å². The number of fused-ring (bicyclic) bond motifs is 2. The number of hydrogen-bond acceptors (Lipinski definition) is 5. The van der Waals surface area contributed by atoms with E-state index in [1.165, 1.54) is 10.2 Å². The summed E-state index contributed by atoms with van der Waals surface area (Å²) in [5.41, 5.74) is 5.04. The van der Waals surface area contributed by atoms with E-state index in [1.807, 2.05) is 42.5 Å². The van der Waals surface area contributed by atoms with Crippen molar-refractivity contribution in [2.24, 2.45) is 12.5 Å². The van der Waals surface area contributed by atoms with Crippen LogP contribution < -0.4 is 16.0 Å². The number of rotatable bonds is 7. The van der Waals surface area contributed by atoms with Crippen LogP contribution in [-0.2, 0) is 22.0 Å². The van der Waals surface area contributed by atoms with Crippen LogP contribution in [0, 0.1) is 5.41 Å². The number of benzene rings is 2. The number of nitrogens with one attached hydrogen (secondary N) is 3. The van der Waals surface area contributed by atoms with Crippen molar-refractivity contribution in [2.75, 3.05) is 23.8 Å². The lowest BCUT2D eigenvalue weighted by Crippen LogP contribution is -2.50. The van der Waals surface area contributed by atoms with Gasteiger partial charge in [-0.25, -0.2) is 0 Å². The summed E-state index contributed by atoms with van der Waals surface area (Å²) in [6, 6.07) is 16.9. The zero-order valence-electron chi connectivity index (χ0n) is 22.5. The van der Waals surface area contributed by atoms with E-state index in [4.69, 9.17) is 4.74 Å². The fourth-order valence-electron chi connectivity index (χ4n) is 6.38. The third kappa shape index (κ3) is 4.52. The summed E-state index contributed by atoms with van der Waals surface area (Å²) in [5.74, 6) is -0.757. The molecule has 2 aromatic carbocycles. The maximum Gasteiger partial charge on any atom is 0.270 e. The molecule has 3 N–H and O–H groups in total. The summed E-state index contributed by atoms with van der Waals surface area (Å²) >= 11 is 0. The van der Waals surface area contributed by atoms with Gasteiger partial charge in [-0.05, 0) is 60.4 Å². The molecule has 1 saturated heterocycles. The highest BCUT2D eigenvalue weighted by molar-refractivity contribution is 6.01. The van der Waals surface area contributed by atoms with Crippen molar-refractivity contribution in [3.05, 3.63) is 89.9 Å². The van der Waals surface area contributed by atoms with Crippen molar-refractivity contribution in [3.63, 3.8) is 0 Å². The highest BCUT2D eigenvalue weighted by atomic mass is 16.5. The molecule has 2 atom stereocenters. The van der Waals surface area contributed by atoms with Crippen LogP contribution in [0.5, 0.6) is 0 Å². The van der Waals surface area contributed by atoms with Gasteiger partial charge in [-0.1, -0.05) is 49.9 Å². The van der Waals surface area contributed by atoms with Crippen molar-refractivity contribution < 1.29 is 14.3 Å². The molecule has 3 aromatic rings. The first-order chi connectivity index (χ1) is 18.8. The molecule has 8 nitrogen and oxygen atoms in total. The van der Waals surface area contributed by atoms with Gasteiger partial charge in [0, 0.05) is 54.9 Å². The summed E-state index contributed by atoms with van der Waals surface area (Å²) < 4.78 is 7.13.